The number of ether oxygens (including phenoxy) is 1. The van der Waals surface area contributed by atoms with Crippen molar-refractivity contribution in [1.82, 2.24) is 14.9 Å². The summed E-state index contributed by atoms with van der Waals surface area (Å²) >= 11 is 1.36. The van der Waals surface area contributed by atoms with E-state index in [1.807, 2.05) is 35.7 Å². The van der Waals surface area contributed by atoms with Gasteiger partial charge in [-0.3, -0.25) is 9.69 Å². The third-order valence-corrected chi connectivity index (χ3v) is 7.07. The Labute approximate surface area is 185 Å². The predicted molar refractivity (Wildman–Crippen MR) is 121 cm³/mol. The van der Waals surface area contributed by atoms with Crippen LogP contribution >= 0.6 is 11.8 Å². The van der Waals surface area contributed by atoms with Gasteiger partial charge < -0.3 is 20.9 Å². The SMILES string of the molecule is CC(O)C1(Nc2ccnc(CN3CCOCC3)n2)SC=C(c2ccccc2)C1C(N)=O. The number of nitrogens with two attached hydrogens (primary N) is 1. The first-order valence-corrected chi connectivity index (χ1v) is 11.2. The molecule has 0 bridgehead atoms. The van der Waals surface area contributed by atoms with Gasteiger partial charge in [-0.05, 0) is 29.5 Å². The molecule has 3 heterocycles. The average Bonchev–Trinajstić information content (AvgIpc) is 3.16. The van der Waals surface area contributed by atoms with E-state index >= 15 is 0 Å². The van der Waals surface area contributed by atoms with Crippen LogP contribution in [0.5, 0.6) is 0 Å². The lowest BCUT2D eigenvalue weighted by atomic mass is 9.84. The molecule has 0 spiro atoms. The number of thioether (sulfide) groups is 1. The van der Waals surface area contributed by atoms with Crippen LogP contribution in [0.3, 0.4) is 0 Å². The molecule has 1 aromatic carbocycles. The van der Waals surface area contributed by atoms with Gasteiger partial charge in [0.1, 0.15) is 16.5 Å². The summed E-state index contributed by atoms with van der Waals surface area (Å²) in [6.07, 6.45) is 0.802. The maximum atomic E-state index is 12.6. The molecule has 1 amide bonds. The number of aromatic nitrogens is 2. The van der Waals surface area contributed by atoms with Crippen LogP contribution in [-0.4, -0.2) is 63.2 Å². The number of hydrogen-bond acceptors (Lipinski definition) is 8. The molecule has 2 aliphatic rings. The van der Waals surface area contributed by atoms with E-state index in [9.17, 15) is 9.90 Å². The van der Waals surface area contributed by atoms with Gasteiger partial charge in [-0.15, -0.1) is 11.8 Å². The number of aliphatic hydroxyl groups excluding tert-OH is 1. The van der Waals surface area contributed by atoms with Crippen molar-refractivity contribution in [3.05, 3.63) is 59.4 Å². The number of nitrogens with one attached hydrogen (secondary N) is 1. The van der Waals surface area contributed by atoms with Gasteiger partial charge in [0, 0.05) is 19.3 Å². The first-order chi connectivity index (χ1) is 15.0. The summed E-state index contributed by atoms with van der Waals surface area (Å²) in [6, 6.07) is 11.4. The van der Waals surface area contributed by atoms with Crippen molar-refractivity contribution in [2.45, 2.75) is 24.4 Å². The second-order valence-electron chi connectivity index (χ2n) is 7.73. The summed E-state index contributed by atoms with van der Waals surface area (Å²) in [7, 11) is 0. The standard InChI is InChI=1S/C22H27N5O3S/c1-15(28)22(20(21(23)29)17(14-31-22)16-5-3-2-4-6-16)26-18-7-8-24-19(25-18)13-27-9-11-30-12-10-27/h2-8,14-15,20,28H,9-13H2,1H3,(H2,23,29)(H,24,25,26). The number of primary amides is 1. The Balaban J connectivity index is 1.60. The lowest BCUT2D eigenvalue weighted by molar-refractivity contribution is -0.121. The zero-order chi connectivity index (χ0) is 21.8. The van der Waals surface area contributed by atoms with Crippen LogP contribution in [0, 0.1) is 5.92 Å². The number of amides is 1. The van der Waals surface area contributed by atoms with Crippen LogP contribution in [0.2, 0.25) is 0 Å². The summed E-state index contributed by atoms with van der Waals surface area (Å²) in [6.45, 7) is 5.35. The van der Waals surface area contributed by atoms with Gasteiger partial charge in [0.15, 0.2) is 0 Å². The van der Waals surface area contributed by atoms with E-state index in [0.29, 0.717) is 31.4 Å². The van der Waals surface area contributed by atoms with E-state index in [4.69, 9.17) is 10.5 Å². The molecular weight excluding hydrogens is 414 g/mol. The largest absolute Gasteiger partial charge is 0.390 e. The van der Waals surface area contributed by atoms with E-state index < -0.39 is 22.8 Å². The van der Waals surface area contributed by atoms with E-state index in [1.54, 1.807) is 19.2 Å². The zero-order valence-electron chi connectivity index (χ0n) is 17.4. The maximum absolute atomic E-state index is 12.6. The quantitative estimate of drug-likeness (QED) is 0.595. The highest BCUT2D eigenvalue weighted by molar-refractivity contribution is 8.04. The number of aliphatic hydroxyl groups is 1. The molecule has 2 aromatic rings. The van der Waals surface area contributed by atoms with Gasteiger partial charge in [0.2, 0.25) is 5.91 Å². The highest BCUT2D eigenvalue weighted by Gasteiger charge is 2.52. The van der Waals surface area contributed by atoms with E-state index in [1.165, 1.54) is 11.8 Å². The molecule has 1 fully saturated rings. The van der Waals surface area contributed by atoms with Gasteiger partial charge in [-0.1, -0.05) is 30.3 Å². The molecule has 2 aliphatic heterocycles. The van der Waals surface area contributed by atoms with Crippen molar-refractivity contribution in [3.63, 3.8) is 0 Å². The first-order valence-electron chi connectivity index (χ1n) is 10.3. The Morgan fingerprint density at radius 2 is 2.10 bits per heavy atom. The molecule has 0 radical (unpaired) electrons. The van der Waals surface area contributed by atoms with Crippen LogP contribution in [0.15, 0.2) is 48.0 Å². The fourth-order valence-corrected chi connectivity index (χ4v) is 5.34. The van der Waals surface area contributed by atoms with E-state index in [0.717, 1.165) is 24.2 Å². The molecule has 0 saturated carbocycles. The van der Waals surface area contributed by atoms with Gasteiger partial charge >= 0.3 is 0 Å². The molecule has 3 atom stereocenters. The Kier molecular flexibility index (Phi) is 6.57. The first kappa shape index (κ1) is 21.8. The molecule has 164 valence electrons. The minimum atomic E-state index is -1.07. The Morgan fingerprint density at radius 1 is 1.35 bits per heavy atom. The average molecular weight is 442 g/mol. The second kappa shape index (κ2) is 9.35. The van der Waals surface area contributed by atoms with Gasteiger partial charge in [0.05, 0.1) is 31.8 Å². The smallest absolute Gasteiger partial charge is 0.228 e. The van der Waals surface area contributed by atoms with E-state index in [2.05, 4.69) is 20.2 Å². The topological polar surface area (TPSA) is 114 Å². The predicted octanol–water partition coefficient (Wildman–Crippen LogP) is 1.69. The van der Waals surface area contributed by atoms with Crippen LogP contribution in [0.25, 0.3) is 5.57 Å². The highest BCUT2D eigenvalue weighted by atomic mass is 32.2. The number of hydrogen-bond donors (Lipinski definition) is 3. The summed E-state index contributed by atoms with van der Waals surface area (Å²) in [5.41, 5.74) is 7.54. The van der Waals surface area contributed by atoms with Crippen molar-refractivity contribution in [3.8, 4) is 0 Å². The van der Waals surface area contributed by atoms with Crippen LogP contribution in [0.1, 0.15) is 18.3 Å². The molecule has 9 heteroatoms. The van der Waals surface area contributed by atoms with Crippen LogP contribution in [0.4, 0.5) is 5.82 Å². The lowest BCUT2D eigenvalue weighted by Gasteiger charge is -2.38. The molecule has 0 aliphatic carbocycles. The van der Waals surface area contributed by atoms with Gasteiger partial charge in [-0.2, -0.15) is 0 Å². The zero-order valence-corrected chi connectivity index (χ0v) is 18.2. The van der Waals surface area contributed by atoms with Crippen molar-refractivity contribution >= 4 is 29.1 Å². The Morgan fingerprint density at radius 3 is 2.77 bits per heavy atom. The van der Waals surface area contributed by atoms with Crippen molar-refractivity contribution in [2.24, 2.45) is 11.7 Å². The summed E-state index contributed by atoms with van der Waals surface area (Å²) in [5, 5.41) is 16.0. The fourth-order valence-electron chi connectivity index (χ4n) is 4.01. The van der Waals surface area contributed by atoms with Crippen LogP contribution < -0.4 is 11.1 Å². The number of anilines is 1. The third-order valence-electron chi connectivity index (χ3n) is 5.63. The number of carbonyl (C=O) groups is 1. The van der Waals surface area contributed by atoms with E-state index in [-0.39, 0.29) is 0 Å². The highest BCUT2D eigenvalue weighted by Crippen LogP contribution is 2.51. The van der Waals surface area contributed by atoms with Crippen molar-refractivity contribution < 1.29 is 14.6 Å². The van der Waals surface area contributed by atoms with Crippen molar-refractivity contribution in [1.29, 1.82) is 0 Å². The summed E-state index contributed by atoms with van der Waals surface area (Å²) in [4.78, 5) is 22.8. The number of rotatable bonds is 7. The van der Waals surface area contributed by atoms with Gasteiger partial charge in [-0.25, -0.2) is 9.97 Å². The molecule has 4 N–H and O–H groups in total. The second-order valence-corrected chi connectivity index (χ2v) is 8.88. The number of morpholine rings is 1. The fraction of sp³-hybridized carbons (Fsp3) is 0.409. The normalized spacial score (nSPS) is 25.1. The number of nitrogens with zero attached hydrogens (tertiary/aromatic N) is 3. The molecule has 4 rings (SSSR count). The van der Waals surface area contributed by atoms with Crippen LogP contribution in [-0.2, 0) is 16.1 Å². The number of carbonyl (C=O) groups excluding carboxylic acids is 1. The lowest BCUT2D eigenvalue weighted by Crippen LogP contribution is -2.53. The minimum Gasteiger partial charge on any atom is -0.390 e. The Bertz CT molecular complexity index is 949. The Hall–Kier alpha value is -2.46. The molecule has 31 heavy (non-hydrogen) atoms. The third kappa shape index (κ3) is 4.59. The van der Waals surface area contributed by atoms with Gasteiger partial charge in [0.25, 0.3) is 0 Å². The molecule has 8 nitrogen and oxygen atoms in total. The monoisotopic (exact) mass is 441 g/mol. The molecule has 1 aromatic heterocycles. The summed E-state index contributed by atoms with van der Waals surface area (Å²) < 4.78 is 5.40. The van der Waals surface area contributed by atoms with Crippen molar-refractivity contribution in [2.75, 3.05) is 31.6 Å². The maximum Gasteiger partial charge on any atom is 0.228 e. The molecule has 3 unspecified atom stereocenters. The molecular formula is C22H27N5O3S. The number of benzene rings is 1. The minimum absolute atomic E-state index is 0.504. The molecule has 1 saturated heterocycles. The summed E-state index contributed by atoms with van der Waals surface area (Å²) in [5.74, 6) is -0.0308.